The molecule has 0 radical (unpaired) electrons. The van der Waals surface area contributed by atoms with E-state index >= 15 is 0 Å². The Balaban J connectivity index is 1.84. The lowest BCUT2D eigenvalue weighted by molar-refractivity contribution is 0.0952. The molecule has 2 aromatic rings. The average Bonchev–Trinajstić information content (AvgIpc) is 2.54. The standard InChI is InChI=1S/C16H17ClN2O3/c1-22-14-5-2-4-12(10-14)16(21)18-8-3-9-19-11-13(17)6-7-15(19)20/h2,4-7,10-11H,3,8-9H2,1H3,(H,18,21). The molecule has 5 nitrogen and oxygen atoms in total. The van der Waals surface area contributed by atoms with Gasteiger partial charge in [-0.2, -0.15) is 0 Å². The van der Waals surface area contributed by atoms with Crippen molar-refractivity contribution in [3.8, 4) is 5.75 Å². The summed E-state index contributed by atoms with van der Waals surface area (Å²) in [7, 11) is 1.56. The van der Waals surface area contributed by atoms with E-state index < -0.39 is 0 Å². The molecule has 1 aromatic carbocycles. The van der Waals surface area contributed by atoms with Crippen LogP contribution in [0.1, 0.15) is 16.8 Å². The summed E-state index contributed by atoms with van der Waals surface area (Å²) in [5.74, 6) is 0.468. The van der Waals surface area contributed by atoms with Crippen molar-refractivity contribution in [3.05, 3.63) is 63.5 Å². The topological polar surface area (TPSA) is 60.3 Å². The Bertz CT molecular complexity index is 713. The molecule has 22 heavy (non-hydrogen) atoms. The molecule has 0 saturated heterocycles. The molecule has 0 saturated carbocycles. The first-order valence-corrected chi connectivity index (χ1v) is 7.26. The van der Waals surface area contributed by atoms with Crippen molar-refractivity contribution in [2.24, 2.45) is 0 Å². The molecular weight excluding hydrogens is 304 g/mol. The Hall–Kier alpha value is -2.27. The molecule has 0 unspecified atom stereocenters. The number of hydrogen-bond acceptors (Lipinski definition) is 3. The number of methoxy groups -OCH3 is 1. The number of halogens is 1. The minimum Gasteiger partial charge on any atom is -0.497 e. The summed E-state index contributed by atoms with van der Waals surface area (Å²) in [6.07, 6.45) is 2.23. The van der Waals surface area contributed by atoms with Gasteiger partial charge >= 0.3 is 0 Å². The fourth-order valence-electron chi connectivity index (χ4n) is 1.99. The van der Waals surface area contributed by atoms with E-state index in [1.807, 2.05) is 0 Å². The lowest BCUT2D eigenvalue weighted by Gasteiger charge is -2.08. The van der Waals surface area contributed by atoms with Crippen molar-refractivity contribution in [1.29, 1.82) is 0 Å². The normalized spacial score (nSPS) is 10.3. The van der Waals surface area contributed by atoms with Crippen molar-refractivity contribution in [2.45, 2.75) is 13.0 Å². The van der Waals surface area contributed by atoms with Crippen LogP contribution in [0.15, 0.2) is 47.4 Å². The van der Waals surface area contributed by atoms with Crippen LogP contribution in [0.4, 0.5) is 0 Å². The lowest BCUT2D eigenvalue weighted by Crippen LogP contribution is -2.26. The Morgan fingerprint density at radius 2 is 2.14 bits per heavy atom. The van der Waals surface area contributed by atoms with Crippen LogP contribution in [-0.4, -0.2) is 24.1 Å². The molecule has 0 aliphatic heterocycles. The first kappa shape index (κ1) is 16.1. The maximum atomic E-state index is 12.0. The predicted molar refractivity (Wildman–Crippen MR) is 85.7 cm³/mol. The van der Waals surface area contributed by atoms with Gasteiger partial charge in [0, 0.05) is 30.9 Å². The number of rotatable bonds is 6. The van der Waals surface area contributed by atoms with E-state index in [0.29, 0.717) is 35.8 Å². The Kier molecular flexibility index (Phi) is 5.61. The van der Waals surface area contributed by atoms with Crippen molar-refractivity contribution in [1.82, 2.24) is 9.88 Å². The van der Waals surface area contributed by atoms with Gasteiger partial charge in [0.15, 0.2) is 0 Å². The largest absolute Gasteiger partial charge is 0.497 e. The van der Waals surface area contributed by atoms with Crippen LogP contribution in [0.5, 0.6) is 5.75 Å². The number of ether oxygens (including phenoxy) is 1. The second-order valence-electron chi connectivity index (χ2n) is 4.72. The Morgan fingerprint density at radius 1 is 1.32 bits per heavy atom. The summed E-state index contributed by atoms with van der Waals surface area (Å²) < 4.78 is 6.61. The molecule has 6 heteroatoms. The summed E-state index contributed by atoms with van der Waals surface area (Å²) in [6, 6.07) is 9.93. The number of nitrogens with zero attached hydrogens (tertiary/aromatic N) is 1. The molecule has 2 rings (SSSR count). The highest BCUT2D eigenvalue weighted by Crippen LogP contribution is 2.12. The van der Waals surface area contributed by atoms with Gasteiger partial charge in [-0.3, -0.25) is 9.59 Å². The van der Waals surface area contributed by atoms with Crippen LogP contribution in [0.25, 0.3) is 0 Å². The first-order valence-electron chi connectivity index (χ1n) is 6.88. The lowest BCUT2D eigenvalue weighted by atomic mass is 10.2. The molecule has 0 spiro atoms. The van der Waals surface area contributed by atoms with Crippen molar-refractivity contribution in [3.63, 3.8) is 0 Å². The molecule has 0 bridgehead atoms. The number of carbonyl (C=O) groups is 1. The van der Waals surface area contributed by atoms with Crippen LogP contribution in [0.2, 0.25) is 5.02 Å². The zero-order valence-electron chi connectivity index (χ0n) is 12.2. The molecule has 0 aliphatic rings. The zero-order valence-corrected chi connectivity index (χ0v) is 13.0. The van der Waals surface area contributed by atoms with Gasteiger partial charge in [-0.25, -0.2) is 0 Å². The number of amides is 1. The Morgan fingerprint density at radius 3 is 2.91 bits per heavy atom. The number of benzene rings is 1. The highest BCUT2D eigenvalue weighted by Gasteiger charge is 2.06. The number of carbonyl (C=O) groups excluding carboxylic acids is 1. The van der Waals surface area contributed by atoms with Crippen molar-refractivity contribution in [2.75, 3.05) is 13.7 Å². The molecule has 1 amide bonds. The number of aromatic nitrogens is 1. The number of nitrogens with one attached hydrogen (secondary N) is 1. The van der Waals surface area contributed by atoms with Gasteiger partial charge in [-0.05, 0) is 30.7 Å². The van der Waals surface area contributed by atoms with Gasteiger partial charge < -0.3 is 14.6 Å². The van der Waals surface area contributed by atoms with Crippen LogP contribution in [0.3, 0.4) is 0 Å². The van der Waals surface area contributed by atoms with E-state index in [0.717, 1.165) is 0 Å². The molecule has 1 heterocycles. The SMILES string of the molecule is COc1cccc(C(=O)NCCCn2cc(Cl)ccc2=O)c1. The van der Waals surface area contributed by atoms with Crippen molar-refractivity contribution >= 4 is 17.5 Å². The molecule has 0 fully saturated rings. The quantitative estimate of drug-likeness (QED) is 0.831. The minimum absolute atomic E-state index is 0.108. The maximum Gasteiger partial charge on any atom is 0.251 e. The molecule has 1 aromatic heterocycles. The van der Waals surface area contributed by atoms with Crippen LogP contribution in [-0.2, 0) is 6.54 Å². The minimum atomic E-state index is -0.169. The summed E-state index contributed by atoms with van der Waals surface area (Å²) >= 11 is 5.85. The number of pyridine rings is 1. The first-order chi connectivity index (χ1) is 10.6. The van der Waals surface area contributed by atoms with Gasteiger partial charge in [-0.1, -0.05) is 17.7 Å². The molecule has 1 N–H and O–H groups in total. The highest BCUT2D eigenvalue weighted by atomic mass is 35.5. The summed E-state index contributed by atoms with van der Waals surface area (Å²) in [4.78, 5) is 23.6. The summed E-state index contributed by atoms with van der Waals surface area (Å²) in [6.45, 7) is 0.965. The van der Waals surface area contributed by atoms with Gasteiger partial charge in [-0.15, -0.1) is 0 Å². The van der Waals surface area contributed by atoms with Gasteiger partial charge in [0.1, 0.15) is 5.75 Å². The second-order valence-corrected chi connectivity index (χ2v) is 5.16. The smallest absolute Gasteiger partial charge is 0.251 e. The predicted octanol–water partition coefficient (Wildman–Crippen LogP) is 2.33. The molecule has 116 valence electrons. The third-order valence-corrected chi connectivity index (χ3v) is 3.36. The Labute approximate surface area is 133 Å². The van der Waals surface area contributed by atoms with Crippen LogP contribution < -0.4 is 15.6 Å². The van der Waals surface area contributed by atoms with E-state index in [1.54, 1.807) is 43.6 Å². The number of hydrogen-bond donors (Lipinski definition) is 1. The van der Waals surface area contributed by atoms with Crippen LogP contribution in [0, 0.1) is 0 Å². The van der Waals surface area contributed by atoms with E-state index in [1.165, 1.54) is 10.6 Å². The number of aryl methyl sites for hydroxylation is 1. The fourth-order valence-corrected chi connectivity index (χ4v) is 2.18. The third kappa shape index (κ3) is 4.36. The zero-order chi connectivity index (χ0) is 15.9. The van der Waals surface area contributed by atoms with Gasteiger partial charge in [0.2, 0.25) is 0 Å². The highest BCUT2D eigenvalue weighted by molar-refractivity contribution is 6.30. The van der Waals surface area contributed by atoms with E-state index in [2.05, 4.69) is 5.32 Å². The van der Waals surface area contributed by atoms with E-state index in [9.17, 15) is 9.59 Å². The molecule has 0 aliphatic carbocycles. The fraction of sp³-hybridized carbons (Fsp3) is 0.250. The van der Waals surface area contributed by atoms with Crippen LogP contribution >= 0.6 is 11.6 Å². The third-order valence-electron chi connectivity index (χ3n) is 3.14. The molecular formula is C16H17ClN2O3. The second kappa shape index (κ2) is 7.66. The van der Waals surface area contributed by atoms with E-state index in [4.69, 9.17) is 16.3 Å². The van der Waals surface area contributed by atoms with Crippen molar-refractivity contribution < 1.29 is 9.53 Å². The molecule has 0 atom stereocenters. The maximum absolute atomic E-state index is 12.0. The van der Waals surface area contributed by atoms with E-state index in [-0.39, 0.29) is 11.5 Å². The average molecular weight is 321 g/mol. The summed E-state index contributed by atoms with van der Waals surface area (Å²) in [5, 5.41) is 3.33. The van der Waals surface area contributed by atoms with Gasteiger partial charge in [0.05, 0.1) is 12.1 Å². The van der Waals surface area contributed by atoms with Gasteiger partial charge in [0.25, 0.3) is 11.5 Å². The monoisotopic (exact) mass is 320 g/mol. The summed E-state index contributed by atoms with van der Waals surface area (Å²) in [5.41, 5.74) is 0.433.